The van der Waals surface area contributed by atoms with Crippen molar-refractivity contribution in [2.45, 2.75) is 18.8 Å². The predicted molar refractivity (Wildman–Crippen MR) is 73.7 cm³/mol. The van der Waals surface area contributed by atoms with Crippen molar-refractivity contribution in [3.8, 4) is 0 Å². The first-order chi connectivity index (χ1) is 8.88. The van der Waals surface area contributed by atoms with Gasteiger partial charge in [0.05, 0.1) is 6.26 Å². The van der Waals surface area contributed by atoms with Crippen molar-refractivity contribution >= 4 is 11.0 Å². The first kappa shape index (κ1) is 11.8. The van der Waals surface area contributed by atoms with Crippen LogP contribution in [0.3, 0.4) is 0 Å². The second-order valence-corrected chi connectivity index (χ2v) is 5.09. The highest BCUT2D eigenvalue weighted by Gasteiger charge is 2.22. The number of nitrogens with two attached hydrogens (primary N) is 1. The Morgan fingerprint density at radius 1 is 1.22 bits per heavy atom. The van der Waals surface area contributed by atoms with Crippen molar-refractivity contribution in [3.63, 3.8) is 0 Å². The van der Waals surface area contributed by atoms with Crippen LogP contribution in [0.15, 0.2) is 34.9 Å². The van der Waals surface area contributed by atoms with Gasteiger partial charge in [0.15, 0.2) is 0 Å². The van der Waals surface area contributed by atoms with Crippen molar-refractivity contribution in [2.24, 2.45) is 5.73 Å². The van der Waals surface area contributed by atoms with E-state index >= 15 is 0 Å². The van der Waals surface area contributed by atoms with E-state index in [2.05, 4.69) is 17.0 Å². The van der Waals surface area contributed by atoms with Gasteiger partial charge in [-0.05, 0) is 37.9 Å². The summed E-state index contributed by atoms with van der Waals surface area (Å²) in [5, 5.41) is 1.29. The standard InChI is InChI=1S/C15H20N2O/c16-7-10-17-8-5-12(6-9-17)14-11-18-15-4-2-1-3-13(14)15/h1-4,11-12H,5-10,16H2. The van der Waals surface area contributed by atoms with E-state index in [0.717, 1.165) is 31.8 Å². The molecule has 3 nitrogen and oxygen atoms in total. The number of piperidine rings is 1. The molecule has 0 unspecified atom stereocenters. The van der Waals surface area contributed by atoms with Crippen molar-refractivity contribution in [2.75, 3.05) is 26.2 Å². The Balaban J connectivity index is 1.76. The fourth-order valence-corrected chi connectivity index (χ4v) is 2.96. The van der Waals surface area contributed by atoms with Crippen molar-refractivity contribution in [3.05, 3.63) is 36.1 Å². The maximum absolute atomic E-state index is 5.64. The topological polar surface area (TPSA) is 42.4 Å². The highest BCUT2D eigenvalue weighted by molar-refractivity contribution is 5.81. The molecule has 2 aromatic rings. The summed E-state index contributed by atoms with van der Waals surface area (Å²) in [6.07, 6.45) is 4.38. The maximum Gasteiger partial charge on any atom is 0.134 e. The third kappa shape index (κ3) is 2.16. The molecule has 96 valence electrons. The summed E-state index contributed by atoms with van der Waals surface area (Å²) in [5.74, 6) is 0.641. The van der Waals surface area contributed by atoms with E-state index in [4.69, 9.17) is 10.2 Å². The van der Waals surface area contributed by atoms with E-state index in [1.54, 1.807) is 0 Å². The van der Waals surface area contributed by atoms with Gasteiger partial charge in [-0.2, -0.15) is 0 Å². The quantitative estimate of drug-likeness (QED) is 0.902. The largest absolute Gasteiger partial charge is 0.464 e. The van der Waals surface area contributed by atoms with Gasteiger partial charge in [-0.15, -0.1) is 0 Å². The molecule has 0 aliphatic carbocycles. The first-order valence-electron chi connectivity index (χ1n) is 6.77. The number of furan rings is 1. The number of para-hydroxylation sites is 1. The lowest BCUT2D eigenvalue weighted by Crippen LogP contribution is -2.36. The van der Waals surface area contributed by atoms with E-state index < -0.39 is 0 Å². The van der Waals surface area contributed by atoms with E-state index in [1.165, 1.54) is 23.8 Å². The van der Waals surface area contributed by atoms with Gasteiger partial charge in [0.1, 0.15) is 5.58 Å². The van der Waals surface area contributed by atoms with Crippen LogP contribution in [0.2, 0.25) is 0 Å². The summed E-state index contributed by atoms with van der Waals surface area (Å²) in [4.78, 5) is 2.46. The second kappa shape index (κ2) is 5.12. The summed E-state index contributed by atoms with van der Waals surface area (Å²) in [6.45, 7) is 4.10. The minimum Gasteiger partial charge on any atom is -0.464 e. The van der Waals surface area contributed by atoms with Gasteiger partial charge >= 0.3 is 0 Å². The summed E-state index contributed by atoms with van der Waals surface area (Å²) < 4.78 is 5.64. The molecular formula is C15H20N2O. The zero-order valence-corrected chi connectivity index (χ0v) is 10.6. The molecule has 1 fully saturated rings. The average Bonchev–Trinajstić information content (AvgIpc) is 2.84. The SMILES string of the molecule is NCCN1CCC(c2coc3ccccc23)CC1. The number of hydrogen-bond donors (Lipinski definition) is 1. The van der Waals surface area contributed by atoms with Crippen molar-refractivity contribution in [1.82, 2.24) is 4.90 Å². The lowest BCUT2D eigenvalue weighted by molar-refractivity contribution is 0.218. The third-order valence-electron chi connectivity index (χ3n) is 3.98. The lowest BCUT2D eigenvalue weighted by atomic mass is 9.89. The van der Waals surface area contributed by atoms with Gasteiger partial charge in [0.25, 0.3) is 0 Å². The second-order valence-electron chi connectivity index (χ2n) is 5.09. The Hall–Kier alpha value is -1.32. The molecule has 0 amide bonds. The molecule has 0 spiro atoms. The van der Waals surface area contributed by atoms with Gasteiger partial charge in [0.2, 0.25) is 0 Å². The van der Waals surface area contributed by atoms with Gasteiger partial charge in [-0.25, -0.2) is 0 Å². The number of nitrogens with zero attached hydrogens (tertiary/aromatic N) is 1. The fraction of sp³-hybridized carbons (Fsp3) is 0.467. The summed E-state index contributed by atoms with van der Waals surface area (Å²) in [5.41, 5.74) is 8.00. The minimum atomic E-state index is 0.641. The summed E-state index contributed by atoms with van der Waals surface area (Å²) in [7, 11) is 0. The normalized spacial score (nSPS) is 18.5. The van der Waals surface area contributed by atoms with Crippen LogP contribution in [0.4, 0.5) is 0 Å². The zero-order valence-electron chi connectivity index (χ0n) is 10.6. The molecule has 0 bridgehead atoms. The summed E-state index contributed by atoms with van der Waals surface area (Å²) in [6, 6.07) is 8.33. The molecule has 18 heavy (non-hydrogen) atoms. The molecule has 0 atom stereocenters. The van der Waals surface area contributed by atoms with Crippen LogP contribution in [0.5, 0.6) is 0 Å². The highest BCUT2D eigenvalue weighted by atomic mass is 16.3. The van der Waals surface area contributed by atoms with E-state index in [0.29, 0.717) is 5.92 Å². The van der Waals surface area contributed by atoms with E-state index in [1.807, 2.05) is 18.4 Å². The summed E-state index contributed by atoms with van der Waals surface area (Å²) >= 11 is 0. The molecule has 0 radical (unpaired) electrons. The molecule has 2 heterocycles. The number of rotatable bonds is 3. The molecule has 3 heteroatoms. The molecule has 1 aliphatic heterocycles. The molecule has 1 aromatic heterocycles. The molecule has 1 saturated heterocycles. The molecule has 2 N–H and O–H groups in total. The van der Waals surface area contributed by atoms with Crippen molar-refractivity contribution in [1.29, 1.82) is 0 Å². The first-order valence-corrected chi connectivity index (χ1v) is 6.77. The number of hydrogen-bond acceptors (Lipinski definition) is 3. The smallest absolute Gasteiger partial charge is 0.134 e. The number of benzene rings is 1. The third-order valence-corrected chi connectivity index (χ3v) is 3.98. The van der Waals surface area contributed by atoms with Crippen LogP contribution in [-0.4, -0.2) is 31.1 Å². The van der Waals surface area contributed by atoms with Crippen LogP contribution in [-0.2, 0) is 0 Å². The maximum atomic E-state index is 5.64. The Bertz CT molecular complexity index is 512. The van der Waals surface area contributed by atoms with E-state index in [-0.39, 0.29) is 0 Å². The number of likely N-dealkylation sites (tertiary alicyclic amines) is 1. The van der Waals surface area contributed by atoms with Crippen molar-refractivity contribution < 1.29 is 4.42 Å². The minimum absolute atomic E-state index is 0.641. The Morgan fingerprint density at radius 2 is 2.00 bits per heavy atom. The van der Waals surface area contributed by atoms with Gasteiger partial charge in [-0.1, -0.05) is 18.2 Å². The van der Waals surface area contributed by atoms with Gasteiger partial charge < -0.3 is 15.1 Å². The Morgan fingerprint density at radius 3 is 2.78 bits per heavy atom. The van der Waals surface area contributed by atoms with Crippen LogP contribution < -0.4 is 5.73 Å². The van der Waals surface area contributed by atoms with Gasteiger partial charge in [0, 0.05) is 24.0 Å². The van der Waals surface area contributed by atoms with Crippen LogP contribution in [0.25, 0.3) is 11.0 Å². The molecule has 1 aliphatic rings. The highest BCUT2D eigenvalue weighted by Crippen LogP contribution is 2.34. The average molecular weight is 244 g/mol. The Kier molecular flexibility index (Phi) is 3.35. The molecule has 1 aromatic carbocycles. The number of fused-ring (bicyclic) bond motifs is 1. The molecular weight excluding hydrogens is 224 g/mol. The fourth-order valence-electron chi connectivity index (χ4n) is 2.96. The molecule has 0 saturated carbocycles. The monoisotopic (exact) mass is 244 g/mol. The lowest BCUT2D eigenvalue weighted by Gasteiger charge is -2.31. The van der Waals surface area contributed by atoms with Crippen LogP contribution in [0, 0.1) is 0 Å². The van der Waals surface area contributed by atoms with Gasteiger partial charge in [-0.3, -0.25) is 0 Å². The van der Waals surface area contributed by atoms with Crippen LogP contribution >= 0.6 is 0 Å². The Labute approximate surface area is 108 Å². The van der Waals surface area contributed by atoms with Crippen LogP contribution in [0.1, 0.15) is 24.3 Å². The predicted octanol–water partition coefficient (Wildman–Crippen LogP) is 2.57. The molecule has 3 rings (SSSR count). The van der Waals surface area contributed by atoms with E-state index in [9.17, 15) is 0 Å². The zero-order chi connectivity index (χ0) is 12.4.